The van der Waals surface area contributed by atoms with E-state index in [0.29, 0.717) is 18.8 Å². The Hall–Kier alpha value is -0.790. The van der Waals surface area contributed by atoms with Gasteiger partial charge in [0.25, 0.3) is 0 Å². The minimum Gasteiger partial charge on any atom is -0.396 e. The Kier molecular flexibility index (Phi) is 6.22. The van der Waals surface area contributed by atoms with E-state index in [4.69, 9.17) is 0 Å². The number of hydrogen-bond acceptors (Lipinski definition) is 6. The zero-order valence-corrected chi connectivity index (χ0v) is 22.8. The molecule has 5 aliphatic rings. The number of carbonyl (C=O) groups excluding carboxylic acids is 1. The highest BCUT2D eigenvalue weighted by molar-refractivity contribution is 5.95. The van der Waals surface area contributed by atoms with Crippen molar-refractivity contribution in [2.75, 3.05) is 13.2 Å². The van der Waals surface area contributed by atoms with Gasteiger partial charge in [-0.1, -0.05) is 40.2 Å². The summed E-state index contributed by atoms with van der Waals surface area (Å²) in [4.78, 5) is 13.7. The molecule has 0 unspecified atom stereocenters. The number of allylic oxidation sites excluding steroid dienone is 2. The highest BCUT2D eigenvalue weighted by Gasteiger charge is 2.66. The zero-order chi connectivity index (χ0) is 26.5. The number of carbonyl (C=O) groups is 1. The summed E-state index contributed by atoms with van der Waals surface area (Å²) in [5.41, 5.74) is -0.870. The van der Waals surface area contributed by atoms with Crippen LogP contribution in [0, 0.1) is 50.7 Å². The normalized spacial score (nSPS) is 57.0. The SMILES string of the molecule is C[C@@]12CC[C@@H]3[C@](C)(CC[C@@H](O)[C@]3(C)CO)[C@@H]1CC[C@H]1C(=CC(=O)[C@@H]3[C@]1(C)C[C@@H](O)[C@@H](O)[C@]3(C)CO)C2. The van der Waals surface area contributed by atoms with E-state index >= 15 is 0 Å². The van der Waals surface area contributed by atoms with Gasteiger partial charge in [0.15, 0.2) is 5.78 Å². The van der Waals surface area contributed by atoms with Crippen molar-refractivity contribution in [3.63, 3.8) is 0 Å². The maximum atomic E-state index is 13.7. The minimum atomic E-state index is -1.13. The molecule has 204 valence electrons. The summed E-state index contributed by atoms with van der Waals surface area (Å²) in [6.07, 6.45) is 6.04. The Labute approximate surface area is 216 Å². The Morgan fingerprint density at radius 1 is 0.833 bits per heavy atom. The molecule has 0 aromatic rings. The average molecular weight is 505 g/mol. The summed E-state index contributed by atoms with van der Waals surface area (Å²) >= 11 is 0. The van der Waals surface area contributed by atoms with Crippen LogP contribution in [0.25, 0.3) is 0 Å². The van der Waals surface area contributed by atoms with Crippen LogP contribution >= 0.6 is 0 Å². The fourth-order valence-corrected chi connectivity index (χ4v) is 11.1. The first-order chi connectivity index (χ1) is 16.7. The molecule has 0 aliphatic heterocycles. The summed E-state index contributed by atoms with van der Waals surface area (Å²) in [5.74, 6) is 0.244. The topological polar surface area (TPSA) is 118 Å². The number of hydrogen-bond donors (Lipinski definition) is 5. The Morgan fingerprint density at radius 2 is 1.50 bits per heavy atom. The number of aliphatic hydroxyl groups excluding tert-OH is 5. The van der Waals surface area contributed by atoms with E-state index in [1.807, 2.05) is 6.08 Å². The quantitative estimate of drug-likeness (QED) is 0.394. The van der Waals surface area contributed by atoms with Crippen LogP contribution < -0.4 is 0 Å². The average Bonchev–Trinajstić information content (AvgIpc) is 2.97. The van der Waals surface area contributed by atoms with Crippen LogP contribution in [0.1, 0.15) is 86.0 Å². The van der Waals surface area contributed by atoms with Crippen LogP contribution in [0.15, 0.2) is 11.6 Å². The molecule has 0 spiro atoms. The molecule has 0 radical (unpaired) electrons. The van der Waals surface area contributed by atoms with Gasteiger partial charge in [-0.15, -0.1) is 0 Å². The first-order valence-corrected chi connectivity index (χ1v) is 14.2. The van der Waals surface area contributed by atoms with E-state index < -0.39 is 40.5 Å². The lowest BCUT2D eigenvalue weighted by Crippen LogP contribution is -2.64. The van der Waals surface area contributed by atoms with Crippen molar-refractivity contribution in [2.45, 2.75) is 104 Å². The lowest BCUT2D eigenvalue weighted by molar-refractivity contribution is -0.196. The molecule has 36 heavy (non-hydrogen) atoms. The third-order valence-corrected chi connectivity index (χ3v) is 12.8. The van der Waals surface area contributed by atoms with E-state index in [2.05, 4.69) is 27.7 Å². The monoisotopic (exact) mass is 504 g/mol. The molecule has 5 N–H and O–H groups in total. The fourth-order valence-electron chi connectivity index (χ4n) is 11.1. The maximum Gasteiger partial charge on any atom is 0.160 e. The first kappa shape index (κ1) is 26.8. The summed E-state index contributed by atoms with van der Waals surface area (Å²) in [5, 5.41) is 53.4. The summed E-state index contributed by atoms with van der Waals surface area (Å²) in [6, 6.07) is 0. The highest BCUT2D eigenvalue weighted by atomic mass is 16.3. The van der Waals surface area contributed by atoms with Gasteiger partial charge in [0, 0.05) is 16.7 Å². The van der Waals surface area contributed by atoms with Crippen molar-refractivity contribution in [1.82, 2.24) is 0 Å². The molecule has 0 saturated heterocycles. The predicted octanol–water partition coefficient (Wildman–Crippen LogP) is 3.23. The van der Waals surface area contributed by atoms with Crippen molar-refractivity contribution < 1.29 is 30.3 Å². The first-order valence-electron chi connectivity index (χ1n) is 14.2. The molecule has 0 heterocycles. The number of fused-ring (bicyclic) bond motifs is 6. The van der Waals surface area contributed by atoms with Crippen molar-refractivity contribution in [3.05, 3.63) is 11.6 Å². The molecule has 0 amide bonds. The van der Waals surface area contributed by atoms with Gasteiger partial charge in [-0.05, 0) is 91.4 Å². The van der Waals surface area contributed by atoms with Gasteiger partial charge in [-0.2, -0.15) is 0 Å². The molecule has 0 aromatic carbocycles. The van der Waals surface area contributed by atoms with Crippen LogP contribution in [-0.2, 0) is 4.79 Å². The molecule has 6 nitrogen and oxygen atoms in total. The van der Waals surface area contributed by atoms with Crippen molar-refractivity contribution in [2.24, 2.45) is 50.7 Å². The van der Waals surface area contributed by atoms with Gasteiger partial charge in [-0.25, -0.2) is 0 Å². The van der Waals surface area contributed by atoms with Gasteiger partial charge >= 0.3 is 0 Å². The van der Waals surface area contributed by atoms with Crippen molar-refractivity contribution in [3.8, 4) is 0 Å². The van der Waals surface area contributed by atoms with Crippen molar-refractivity contribution >= 4 is 5.78 Å². The Bertz CT molecular complexity index is 948. The van der Waals surface area contributed by atoms with E-state index in [1.165, 1.54) is 5.57 Å². The smallest absolute Gasteiger partial charge is 0.160 e. The fraction of sp³-hybridized carbons (Fsp3) is 0.900. The van der Waals surface area contributed by atoms with Crippen LogP contribution in [-0.4, -0.2) is 62.8 Å². The van der Waals surface area contributed by atoms with E-state index in [-0.39, 0.29) is 41.7 Å². The molecule has 4 saturated carbocycles. The van der Waals surface area contributed by atoms with Gasteiger partial charge in [0.05, 0.1) is 31.5 Å². The Balaban J connectivity index is 1.55. The van der Waals surface area contributed by atoms with Gasteiger partial charge in [0.1, 0.15) is 0 Å². The second kappa shape index (κ2) is 8.35. The standard InChI is InChI=1S/C30H48O6/c1-26-10-8-22-27(2,11-9-23(35)29(22,4)15-31)21(26)7-6-18-17(13-26)12-19(33)24-28(18,3)14-20(34)25(36)30(24,5)16-32/h12,18,20-25,31-32,34-36H,6-11,13-16H2,1-5H3/t18-,20+,21+,22+,23+,24+,25+,26-,27+,28+,29+,30+/m0/s1. The molecule has 5 aliphatic carbocycles. The molecule has 12 atom stereocenters. The van der Waals surface area contributed by atoms with Crippen LogP contribution in [0.4, 0.5) is 0 Å². The van der Waals surface area contributed by atoms with Gasteiger partial charge < -0.3 is 25.5 Å². The second-order valence-corrected chi connectivity index (χ2v) is 14.8. The minimum absolute atomic E-state index is 0.000153. The molecular formula is C30H48O6. The number of aliphatic hydroxyl groups is 5. The summed E-state index contributed by atoms with van der Waals surface area (Å²) in [7, 11) is 0. The van der Waals surface area contributed by atoms with Crippen LogP contribution in [0.5, 0.6) is 0 Å². The molecule has 0 bridgehead atoms. The predicted molar refractivity (Wildman–Crippen MR) is 137 cm³/mol. The van der Waals surface area contributed by atoms with Crippen molar-refractivity contribution in [1.29, 1.82) is 0 Å². The Morgan fingerprint density at radius 3 is 2.14 bits per heavy atom. The third kappa shape index (κ3) is 3.30. The molecule has 6 heteroatoms. The summed E-state index contributed by atoms with van der Waals surface area (Å²) < 4.78 is 0. The largest absolute Gasteiger partial charge is 0.396 e. The molecule has 4 fully saturated rings. The highest BCUT2D eigenvalue weighted by Crippen LogP contribution is 2.70. The maximum absolute atomic E-state index is 13.7. The number of rotatable bonds is 2. The zero-order valence-electron chi connectivity index (χ0n) is 22.8. The van der Waals surface area contributed by atoms with Gasteiger partial charge in [-0.3, -0.25) is 4.79 Å². The second-order valence-electron chi connectivity index (χ2n) is 14.8. The summed E-state index contributed by atoms with van der Waals surface area (Å²) in [6.45, 7) is 10.4. The lowest BCUT2D eigenvalue weighted by atomic mass is 9.42. The van der Waals surface area contributed by atoms with E-state index in [9.17, 15) is 30.3 Å². The lowest BCUT2D eigenvalue weighted by Gasteiger charge is -2.64. The van der Waals surface area contributed by atoms with E-state index in [0.717, 1.165) is 38.5 Å². The number of ketones is 1. The molecule has 0 aromatic heterocycles. The third-order valence-electron chi connectivity index (χ3n) is 12.8. The van der Waals surface area contributed by atoms with Gasteiger partial charge in [0.2, 0.25) is 0 Å². The van der Waals surface area contributed by atoms with Crippen LogP contribution in [0.2, 0.25) is 0 Å². The molecular weight excluding hydrogens is 456 g/mol. The van der Waals surface area contributed by atoms with Crippen LogP contribution in [0.3, 0.4) is 0 Å². The van der Waals surface area contributed by atoms with E-state index in [1.54, 1.807) is 6.92 Å². The molecule has 5 rings (SSSR count).